The number of fused-ring (bicyclic) bond motifs is 1. The molecule has 3 aromatic carbocycles. The van der Waals surface area contributed by atoms with Crippen LogP contribution < -0.4 is 10.6 Å². The third-order valence-electron chi connectivity index (χ3n) is 4.50. The zero-order valence-electron chi connectivity index (χ0n) is 16.0. The molecule has 144 valence electrons. The number of amides is 1. The lowest BCUT2D eigenvalue weighted by atomic mass is 10.0. The molecule has 0 radical (unpaired) electrons. The molecule has 1 amide bonds. The highest BCUT2D eigenvalue weighted by Crippen LogP contribution is 2.30. The van der Waals surface area contributed by atoms with E-state index in [0.717, 1.165) is 27.8 Å². The second kappa shape index (κ2) is 8.11. The molecule has 4 aromatic rings. The van der Waals surface area contributed by atoms with Crippen molar-refractivity contribution in [3.8, 4) is 11.3 Å². The number of aryl methyl sites for hydroxylation is 2. The van der Waals surface area contributed by atoms with Crippen LogP contribution in [0.4, 0.5) is 5.13 Å². The van der Waals surface area contributed by atoms with Crippen molar-refractivity contribution >= 4 is 50.5 Å². The Bertz CT molecular complexity index is 1200. The number of thiocarbonyl (C=S) groups is 1. The van der Waals surface area contributed by atoms with Crippen molar-refractivity contribution in [2.75, 3.05) is 5.32 Å². The van der Waals surface area contributed by atoms with Crippen LogP contribution in [0.15, 0.2) is 66.0 Å². The molecule has 0 fully saturated rings. The Morgan fingerprint density at radius 1 is 1.00 bits per heavy atom. The van der Waals surface area contributed by atoms with E-state index >= 15 is 0 Å². The number of carbonyl (C=O) groups excluding carboxylic acids is 1. The Balaban J connectivity index is 1.49. The topological polar surface area (TPSA) is 54.0 Å². The summed E-state index contributed by atoms with van der Waals surface area (Å²) in [6, 6.07) is 20.1. The van der Waals surface area contributed by atoms with Gasteiger partial charge in [0, 0.05) is 16.5 Å². The molecule has 0 saturated heterocycles. The maximum absolute atomic E-state index is 12.5. The van der Waals surface area contributed by atoms with E-state index in [1.807, 2.05) is 55.6 Å². The summed E-state index contributed by atoms with van der Waals surface area (Å²) in [6.07, 6.45) is 0. The van der Waals surface area contributed by atoms with Gasteiger partial charge >= 0.3 is 0 Å². The fraction of sp³-hybridized carbons (Fsp3) is 0.0870. The van der Waals surface area contributed by atoms with Crippen LogP contribution in [-0.4, -0.2) is 16.0 Å². The lowest BCUT2D eigenvalue weighted by molar-refractivity contribution is 0.0977. The number of aromatic nitrogens is 1. The maximum Gasteiger partial charge on any atom is 0.257 e. The smallest absolute Gasteiger partial charge is 0.257 e. The normalized spacial score (nSPS) is 10.7. The molecule has 4 nitrogen and oxygen atoms in total. The van der Waals surface area contributed by atoms with Crippen LogP contribution in [0.2, 0.25) is 0 Å². The van der Waals surface area contributed by atoms with Crippen molar-refractivity contribution < 1.29 is 4.79 Å². The molecule has 0 bridgehead atoms. The van der Waals surface area contributed by atoms with Gasteiger partial charge in [0.15, 0.2) is 10.2 Å². The zero-order valence-corrected chi connectivity index (χ0v) is 17.7. The van der Waals surface area contributed by atoms with Gasteiger partial charge in [-0.2, -0.15) is 0 Å². The van der Waals surface area contributed by atoms with Crippen molar-refractivity contribution in [3.63, 3.8) is 0 Å². The average molecular weight is 418 g/mol. The van der Waals surface area contributed by atoms with Crippen molar-refractivity contribution in [1.29, 1.82) is 0 Å². The first kappa shape index (κ1) is 19.2. The van der Waals surface area contributed by atoms with Crippen LogP contribution in [0.5, 0.6) is 0 Å². The third kappa shape index (κ3) is 4.34. The fourth-order valence-electron chi connectivity index (χ4n) is 3.31. The molecule has 0 aliphatic carbocycles. The summed E-state index contributed by atoms with van der Waals surface area (Å²) in [6.45, 7) is 3.93. The molecule has 0 saturated carbocycles. The Morgan fingerprint density at radius 2 is 1.72 bits per heavy atom. The molecule has 0 atom stereocenters. The summed E-state index contributed by atoms with van der Waals surface area (Å²) in [5.41, 5.74) is 4.60. The van der Waals surface area contributed by atoms with Gasteiger partial charge in [0.05, 0.1) is 5.69 Å². The van der Waals surface area contributed by atoms with E-state index in [0.29, 0.717) is 10.7 Å². The Kier molecular flexibility index (Phi) is 5.38. The molecule has 1 heterocycles. The van der Waals surface area contributed by atoms with Gasteiger partial charge in [0.25, 0.3) is 5.91 Å². The van der Waals surface area contributed by atoms with Crippen LogP contribution >= 0.6 is 23.6 Å². The minimum absolute atomic E-state index is 0.230. The summed E-state index contributed by atoms with van der Waals surface area (Å²) >= 11 is 6.75. The second-order valence-corrected chi connectivity index (χ2v) is 8.12. The van der Waals surface area contributed by atoms with Gasteiger partial charge in [-0.1, -0.05) is 59.7 Å². The van der Waals surface area contributed by atoms with Gasteiger partial charge in [-0.25, -0.2) is 4.98 Å². The van der Waals surface area contributed by atoms with E-state index in [4.69, 9.17) is 12.2 Å². The van der Waals surface area contributed by atoms with Gasteiger partial charge in [-0.05, 0) is 49.0 Å². The molecule has 6 heteroatoms. The summed E-state index contributed by atoms with van der Waals surface area (Å²) < 4.78 is 0. The molecular formula is C23H19N3OS2. The van der Waals surface area contributed by atoms with E-state index in [1.165, 1.54) is 16.7 Å². The van der Waals surface area contributed by atoms with E-state index < -0.39 is 0 Å². The van der Waals surface area contributed by atoms with Gasteiger partial charge in [-0.3, -0.25) is 10.1 Å². The van der Waals surface area contributed by atoms with Crippen LogP contribution in [-0.2, 0) is 0 Å². The predicted molar refractivity (Wildman–Crippen MR) is 125 cm³/mol. The Hall–Kier alpha value is -3.09. The Labute approximate surface area is 178 Å². The van der Waals surface area contributed by atoms with Gasteiger partial charge in [0.1, 0.15) is 0 Å². The summed E-state index contributed by atoms with van der Waals surface area (Å²) in [4.78, 5) is 17.1. The monoisotopic (exact) mass is 417 g/mol. The fourth-order valence-corrected chi connectivity index (χ4v) is 4.28. The van der Waals surface area contributed by atoms with E-state index in [-0.39, 0.29) is 11.0 Å². The maximum atomic E-state index is 12.5. The van der Waals surface area contributed by atoms with Gasteiger partial charge in [-0.15, -0.1) is 11.3 Å². The second-order valence-electron chi connectivity index (χ2n) is 6.85. The van der Waals surface area contributed by atoms with Gasteiger partial charge in [0.2, 0.25) is 0 Å². The number of thiazole rings is 1. The largest absolute Gasteiger partial charge is 0.308 e. The molecular weight excluding hydrogens is 398 g/mol. The summed E-state index contributed by atoms with van der Waals surface area (Å²) in [7, 11) is 0. The highest BCUT2D eigenvalue weighted by molar-refractivity contribution is 7.80. The van der Waals surface area contributed by atoms with E-state index in [1.54, 1.807) is 0 Å². The highest BCUT2D eigenvalue weighted by atomic mass is 32.1. The van der Waals surface area contributed by atoms with Crippen LogP contribution in [0, 0.1) is 13.8 Å². The molecule has 0 spiro atoms. The number of nitrogens with one attached hydrogen (secondary N) is 2. The average Bonchev–Trinajstić information content (AvgIpc) is 3.14. The zero-order chi connectivity index (χ0) is 20.4. The number of nitrogens with zero attached hydrogens (tertiary/aromatic N) is 1. The molecule has 4 rings (SSSR count). The van der Waals surface area contributed by atoms with Crippen molar-refractivity contribution in [2.45, 2.75) is 13.8 Å². The lowest BCUT2D eigenvalue weighted by Gasteiger charge is -2.08. The first-order valence-electron chi connectivity index (χ1n) is 9.14. The van der Waals surface area contributed by atoms with Crippen LogP contribution in [0.25, 0.3) is 22.0 Å². The van der Waals surface area contributed by atoms with Crippen LogP contribution in [0.3, 0.4) is 0 Å². The quantitative estimate of drug-likeness (QED) is 0.420. The number of benzene rings is 3. The standard InChI is InChI=1S/C23H19N3OS2/c1-14-10-15(2)12-17(11-14)21(27)25-22(28)26-23-24-20(13-29-23)19-9-5-7-16-6-3-4-8-18(16)19/h3-13H,1-2H3,(H2,24,25,26,27,28). The van der Waals surface area contributed by atoms with E-state index in [9.17, 15) is 4.79 Å². The molecule has 0 unspecified atom stereocenters. The number of hydrogen-bond acceptors (Lipinski definition) is 4. The molecule has 1 aromatic heterocycles. The molecule has 0 aliphatic heterocycles. The molecule has 29 heavy (non-hydrogen) atoms. The van der Waals surface area contributed by atoms with Crippen molar-refractivity contribution in [2.24, 2.45) is 0 Å². The first-order chi connectivity index (χ1) is 14.0. The minimum atomic E-state index is -0.236. The van der Waals surface area contributed by atoms with E-state index in [2.05, 4.69) is 39.9 Å². The third-order valence-corrected chi connectivity index (χ3v) is 5.46. The van der Waals surface area contributed by atoms with Crippen molar-refractivity contribution in [1.82, 2.24) is 10.3 Å². The number of rotatable bonds is 3. The first-order valence-corrected chi connectivity index (χ1v) is 10.4. The predicted octanol–water partition coefficient (Wildman–Crippen LogP) is 5.71. The molecule has 2 N–H and O–H groups in total. The number of hydrogen-bond donors (Lipinski definition) is 2. The lowest BCUT2D eigenvalue weighted by Crippen LogP contribution is -2.34. The SMILES string of the molecule is Cc1cc(C)cc(C(=O)NC(=S)Nc2nc(-c3cccc4ccccc34)cs2)c1. The summed E-state index contributed by atoms with van der Waals surface area (Å²) in [5.74, 6) is -0.236. The van der Waals surface area contributed by atoms with Crippen molar-refractivity contribution in [3.05, 3.63) is 82.7 Å². The minimum Gasteiger partial charge on any atom is -0.308 e. The van der Waals surface area contributed by atoms with Gasteiger partial charge < -0.3 is 5.32 Å². The number of anilines is 1. The highest BCUT2D eigenvalue weighted by Gasteiger charge is 2.12. The van der Waals surface area contributed by atoms with Crippen LogP contribution in [0.1, 0.15) is 21.5 Å². The molecule has 0 aliphatic rings. The summed E-state index contributed by atoms with van der Waals surface area (Å²) in [5, 5.41) is 10.9. The Morgan fingerprint density at radius 3 is 2.52 bits per heavy atom. The number of carbonyl (C=O) groups is 1.